The van der Waals surface area contributed by atoms with Gasteiger partial charge in [-0.15, -0.1) is 11.3 Å². The van der Waals surface area contributed by atoms with Crippen molar-refractivity contribution in [3.8, 4) is 0 Å². The SMILES string of the molecule is CCC(CC)NC(C)c1nc(C)cs1. The summed E-state index contributed by atoms with van der Waals surface area (Å²) in [6, 6.07) is 1.01. The highest BCUT2D eigenvalue weighted by molar-refractivity contribution is 7.09. The summed E-state index contributed by atoms with van der Waals surface area (Å²) < 4.78 is 0. The van der Waals surface area contributed by atoms with Crippen LogP contribution in [0.1, 0.15) is 50.4 Å². The average Bonchev–Trinajstić information content (AvgIpc) is 2.61. The molecule has 0 radical (unpaired) electrons. The van der Waals surface area contributed by atoms with E-state index in [0.717, 1.165) is 5.69 Å². The van der Waals surface area contributed by atoms with Gasteiger partial charge in [0.2, 0.25) is 0 Å². The van der Waals surface area contributed by atoms with E-state index in [2.05, 4.69) is 36.5 Å². The Balaban J connectivity index is 2.53. The molecule has 2 nitrogen and oxygen atoms in total. The molecule has 0 aromatic carbocycles. The van der Waals surface area contributed by atoms with Crippen LogP contribution in [0.5, 0.6) is 0 Å². The predicted octanol–water partition coefficient (Wildman–Crippen LogP) is 3.29. The van der Waals surface area contributed by atoms with Crippen molar-refractivity contribution in [2.24, 2.45) is 0 Å². The summed E-state index contributed by atoms with van der Waals surface area (Å²) in [4.78, 5) is 4.49. The first-order chi connectivity index (χ1) is 6.67. The van der Waals surface area contributed by atoms with Crippen molar-refractivity contribution < 1.29 is 0 Å². The fourth-order valence-corrected chi connectivity index (χ4v) is 2.33. The van der Waals surface area contributed by atoms with Gasteiger partial charge in [-0.05, 0) is 26.7 Å². The van der Waals surface area contributed by atoms with Crippen molar-refractivity contribution >= 4 is 11.3 Å². The van der Waals surface area contributed by atoms with Gasteiger partial charge in [0.25, 0.3) is 0 Å². The molecule has 1 aromatic rings. The Morgan fingerprint density at radius 2 is 2.07 bits per heavy atom. The lowest BCUT2D eigenvalue weighted by Gasteiger charge is -2.19. The lowest BCUT2D eigenvalue weighted by molar-refractivity contribution is 0.431. The zero-order chi connectivity index (χ0) is 10.6. The smallest absolute Gasteiger partial charge is 0.110 e. The van der Waals surface area contributed by atoms with E-state index >= 15 is 0 Å². The lowest BCUT2D eigenvalue weighted by Crippen LogP contribution is -2.30. The van der Waals surface area contributed by atoms with Crippen LogP contribution in [0.3, 0.4) is 0 Å². The first-order valence-electron chi connectivity index (χ1n) is 5.35. The molecule has 1 atom stereocenters. The average molecular weight is 212 g/mol. The highest BCUT2D eigenvalue weighted by Crippen LogP contribution is 2.18. The Kier molecular flexibility index (Phi) is 4.55. The van der Waals surface area contributed by atoms with Crippen LogP contribution in [0.25, 0.3) is 0 Å². The van der Waals surface area contributed by atoms with E-state index in [9.17, 15) is 0 Å². The molecule has 1 N–H and O–H groups in total. The van der Waals surface area contributed by atoms with Crippen molar-refractivity contribution in [2.45, 2.75) is 52.6 Å². The molecule has 1 unspecified atom stereocenters. The summed E-state index contributed by atoms with van der Waals surface area (Å²) in [5, 5.41) is 6.91. The standard InChI is InChI=1S/C11H20N2S/c1-5-10(6-2)13-9(4)11-12-8(3)7-14-11/h7,9-10,13H,5-6H2,1-4H3. The second-order valence-electron chi connectivity index (χ2n) is 3.73. The zero-order valence-corrected chi connectivity index (χ0v) is 10.3. The van der Waals surface area contributed by atoms with Crippen molar-refractivity contribution in [1.82, 2.24) is 10.3 Å². The molecule has 0 spiro atoms. The van der Waals surface area contributed by atoms with Gasteiger partial charge in [-0.1, -0.05) is 13.8 Å². The third-order valence-corrected chi connectivity index (χ3v) is 3.62. The van der Waals surface area contributed by atoms with Crippen LogP contribution >= 0.6 is 11.3 Å². The van der Waals surface area contributed by atoms with Crippen LogP contribution < -0.4 is 5.32 Å². The zero-order valence-electron chi connectivity index (χ0n) is 9.50. The minimum absolute atomic E-state index is 0.388. The second kappa shape index (κ2) is 5.47. The van der Waals surface area contributed by atoms with Crippen LogP contribution in [-0.2, 0) is 0 Å². The summed E-state index contributed by atoms with van der Waals surface area (Å²) in [7, 11) is 0. The van der Waals surface area contributed by atoms with Gasteiger partial charge in [-0.3, -0.25) is 0 Å². The van der Waals surface area contributed by atoms with E-state index < -0.39 is 0 Å². The molecule has 0 aliphatic heterocycles. The van der Waals surface area contributed by atoms with Gasteiger partial charge >= 0.3 is 0 Å². The Morgan fingerprint density at radius 3 is 2.50 bits per heavy atom. The molecule has 0 saturated carbocycles. The molecular weight excluding hydrogens is 192 g/mol. The molecule has 0 fully saturated rings. The summed E-state index contributed by atoms with van der Waals surface area (Å²) in [6.07, 6.45) is 2.37. The maximum atomic E-state index is 4.49. The maximum Gasteiger partial charge on any atom is 0.110 e. The predicted molar refractivity (Wildman–Crippen MR) is 62.8 cm³/mol. The Bertz CT molecular complexity index is 266. The van der Waals surface area contributed by atoms with Crippen LogP contribution in [0, 0.1) is 6.92 Å². The van der Waals surface area contributed by atoms with E-state index in [0.29, 0.717) is 12.1 Å². The van der Waals surface area contributed by atoms with Gasteiger partial charge in [0.15, 0.2) is 0 Å². The van der Waals surface area contributed by atoms with Gasteiger partial charge in [-0.2, -0.15) is 0 Å². The monoisotopic (exact) mass is 212 g/mol. The molecule has 0 aliphatic carbocycles. The van der Waals surface area contributed by atoms with Gasteiger partial charge in [-0.25, -0.2) is 4.98 Å². The highest BCUT2D eigenvalue weighted by atomic mass is 32.1. The van der Waals surface area contributed by atoms with E-state index in [1.165, 1.54) is 17.8 Å². The number of aromatic nitrogens is 1. The topological polar surface area (TPSA) is 24.9 Å². The van der Waals surface area contributed by atoms with E-state index in [1.807, 2.05) is 6.92 Å². The molecule has 0 bridgehead atoms. The number of nitrogens with zero attached hydrogens (tertiary/aromatic N) is 1. The van der Waals surface area contributed by atoms with E-state index in [4.69, 9.17) is 0 Å². The van der Waals surface area contributed by atoms with Crippen molar-refractivity contribution in [1.29, 1.82) is 0 Å². The fraction of sp³-hybridized carbons (Fsp3) is 0.727. The number of hydrogen-bond acceptors (Lipinski definition) is 3. The van der Waals surface area contributed by atoms with Crippen LogP contribution in [0.2, 0.25) is 0 Å². The highest BCUT2D eigenvalue weighted by Gasteiger charge is 2.12. The Labute approximate surface area is 90.8 Å². The number of thiazole rings is 1. The number of rotatable bonds is 5. The summed E-state index contributed by atoms with van der Waals surface area (Å²) in [5.74, 6) is 0. The van der Waals surface area contributed by atoms with Gasteiger partial charge < -0.3 is 5.32 Å². The van der Waals surface area contributed by atoms with Crippen molar-refractivity contribution in [3.05, 3.63) is 16.1 Å². The Morgan fingerprint density at radius 1 is 1.43 bits per heavy atom. The second-order valence-corrected chi connectivity index (χ2v) is 4.62. The number of aryl methyl sites for hydroxylation is 1. The maximum absolute atomic E-state index is 4.49. The normalized spacial score (nSPS) is 13.5. The molecule has 1 aromatic heterocycles. The number of hydrogen-bond donors (Lipinski definition) is 1. The lowest BCUT2D eigenvalue weighted by atomic mass is 10.1. The molecular formula is C11H20N2S. The molecule has 14 heavy (non-hydrogen) atoms. The minimum atomic E-state index is 0.388. The van der Waals surface area contributed by atoms with Gasteiger partial charge in [0, 0.05) is 17.1 Å². The van der Waals surface area contributed by atoms with Crippen LogP contribution in [-0.4, -0.2) is 11.0 Å². The van der Waals surface area contributed by atoms with Crippen molar-refractivity contribution in [2.75, 3.05) is 0 Å². The van der Waals surface area contributed by atoms with Crippen LogP contribution in [0.4, 0.5) is 0 Å². The first kappa shape index (κ1) is 11.7. The third-order valence-electron chi connectivity index (χ3n) is 2.48. The fourth-order valence-electron chi connectivity index (χ4n) is 1.52. The molecule has 80 valence electrons. The molecule has 0 saturated heterocycles. The van der Waals surface area contributed by atoms with Gasteiger partial charge in [0.1, 0.15) is 5.01 Å². The first-order valence-corrected chi connectivity index (χ1v) is 6.23. The Hall–Kier alpha value is -0.410. The summed E-state index contributed by atoms with van der Waals surface area (Å²) in [5.41, 5.74) is 1.13. The van der Waals surface area contributed by atoms with Crippen LogP contribution in [0.15, 0.2) is 5.38 Å². The molecule has 3 heteroatoms. The molecule has 0 amide bonds. The molecule has 1 rings (SSSR count). The van der Waals surface area contributed by atoms with Gasteiger partial charge in [0.05, 0.1) is 6.04 Å². The molecule has 1 heterocycles. The quantitative estimate of drug-likeness (QED) is 0.810. The summed E-state index contributed by atoms with van der Waals surface area (Å²) >= 11 is 1.75. The minimum Gasteiger partial charge on any atom is -0.305 e. The number of nitrogens with one attached hydrogen (secondary N) is 1. The van der Waals surface area contributed by atoms with Crippen molar-refractivity contribution in [3.63, 3.8) is 0 Å². The largest absolute Gasteiger partial charge is 0.305 e. The summed E-state index contributed by atoms with van der Waals surface area (Å²) in [6.45, 7) is 8.68. The molecule has 0 aliphatic rings. The van der Waals surface area contributed by atoms with E-state index in [-0.39, 0.29) is 0 Å². The third kappa shape index (κ3) is 3.07. The van der Waals surface area contributed by atoms with E-state index in [1.54, 1.807) is 11.3 Å².